The highest BCUT2D eigenvalue weighted by Gasteiger charge is 2.20. The highest BCUT2D eigenvalue weighted by molar-refractivity contribution is 6.09. The van der Waals surface area contributed by atoms with E-state index in [-0.39, 0.29) is 0 Å². The number of rotatable bonds is 7. The average Bonchev–Trinajstić information content (AvgIpc) is 1.63. The molecule has 0 radical (unpaired) electrons. The van der Waals surface area contributed by atoms with Crippen LogP contribution in [-0.4, -0.2) is 32.8 Å². The molecule has 17 aromatic rings. The van der Waals surface area contributed by atoms with E-state index in [4.69, 9.17) is 0 Å². The molecule has 0 bridgehead atoms. The van der Waals surface area contributed by atoms with E-state index >= 15 is 0 Å². The second-order valence-electron chi connectivity index (χ2n) is 24.0. The molecule has 460 valence electrons. The SMILES string of the molecule is Cn1c(-c2ccccc2)c(-c2ccccc2)c2ccccc21.Cn1c(-c2ccccc2)ccc1-c1ccccc1.Cn1c(-c2ccccc2)nc2ccccc21.Cn1c2ccccc2c2cc(-c3ccc4c(c3)-c3ccccc3C4)ccc21.Cn1ccnc1-c1ccccc1. The normalized spacial score (nSPS) is 11.2. The summed E-state index contributed by atoms with van der Waals surface area (Å²) < 4.78 is 11.0. The highest BCUT2D eigenvalue weighted by atomic mass is 15.1. The molecular formula is C88H73N7. The van der Waals surface area contributed by atoms with E-state index < -0.39 is 0 Å². The van der Waals surface area contributed by atoms with Gasteiger partial charge in [0, 0.05) is 108 Å². The first-order valence-electron chi connectivity index (χ1n) is 32.4. The average molecular weight is 1230 g/mol. The Kier molecular flexibility index (Phi) is 17.5. The van der Waals surface area contributed by atoms with Gasteiger partial charge in [0.25, 0.3) is 0 Å². The van der Waals surface area contributed by atoms with Gasteiger partial charge in [0.1, 0.15) is 11.6 Å². The molecule has 12 aromatic carbocycles. The first kappa shape index (κ1) is 60.5. The molecule has 7 heteroatoms. The van der Waals surface area contributed by atoms with Crippen LogP contribution in [0.2, 0.25) is 0 Å². The zero-order valence-electron chi connectivity index (χ0n) is 54.2. The number of fused-ring (bicyclic) bond motifs is 8. The summed E-state index contributed by atoms with van der Waals surface area (Å²) in [7, 11) is 10.5. The molecule has 7 nitrogen and oxygen atoms in total. The van der Waals surface area contributed by atoms with Crippen molar-refractivity contribution in [3.05, 3.63) is 351 Å². The van der Waals surface area contributed by atoms with Gasteiger partial charge in [0.2, 0.25) is 0 Å². The van der Waals surface area contributed by atoms with Crippen LogP contribution in [0.5, 0.6) is 0 Å². The molecule has 0 N–H and O–H groups in total. The predicted molar refractivity (Wildman–Crippen MR) is 399 cm³/mol. The van der Waals surface area contributed by atoms with E-state index in [1.807, 2.05) is 90.7 Å². The standard InChI is InChI=1S/C26H19N.C21H17N.C17H15N.C14H12N2.C10H10N2/c1-27-25-9-5-4-8-22(25)24-16-18(12-13-26(24)27)17-10-11-20-14-19-6-2-3-7-21(19)23(20)15-17;1-22-19-15-9-8-14-18(19)20(16-10-4-2-5-11-16)21(22)17-12-6-3-7-13-17;1-18-16(14-8-4-2-5-9-14)12-13-17(18)15-10-6-3-7-11-15;1-16-13-10-6-5-9-12(13)15-14(16)11-7-3-2-4-8-11;1-12-8-7-11-10(12)9-5-3-2-4-6-9/h2-13,15-16H,14H2,1H3;2-15H,1H3;2-13H,1H3;2-10H,1H3;2-8H,1H3. The molecule has 0 saturated heterocycles. The Morgan fingerprint density at radius 3 is 1.33 bits per heavy atom. The zero-order chi connectivity index (χ0) is 64.6. The molecule has 1 aliphatic rings. The van der Waals surface area contributed by atoms with Gasteiger partial charge < -0.3 is 22.8 Å². The summed E-state index contributed by atoms with van der Waals surface area (Å²) in [6, 6.07) is 115. The monoisotopic (exact) mass is 1230 g/mol. The smallest absolute Gasteiger partial charge is 0.140 e. The number of para-hydroxylation sites is 4. The van der Waals surface area contributed by atoms with Gasteiger partial charge in [0.15, 0.2) is 0 Å². The Morgan fingerprint density at radius 2 is 0.737 bits per heavy atom. The predicted octanol–water partition coefficient (Wildman–Crippen LogP) is 21.8. The number of nitrogens with zero attached hydrogens (tertiary/aromatic N) is 7. The van der Waals surface area contributed by atoms with E-state index in [1.54, 1.807) is 0 Å². The van der Waals surface area contributed by atoms with E-state index in [2.05, 4.69) is 317 Å². The van der Waals surface area contributed by atoms with Crippen LogP contribution in [0.15, 0.2) is 340 Å². The Labute approximate surface area is 556 Å². The molecule has 0 aliphatic heterocycles. The van der Waals surface area contributed by atoms with Crippen LogP contribution in [0.25, 0.3) is 134 Å². The fraction of sp³-hybridized carbons (Fsp3) is 0.0682. The van der Waals surface area contributed by atoms with Crippen molar-refractivity contribution in [2.45, 2.75) is 6.42 Å². The minimum atomic E-state index is 1.01. The molecule has 0 unspecified atom stereocenters. The van der Waals surface area contributed by atoms with Gasteiger partial charge in [-0.05, 0) is 117 Å². The number of hydrogen-bond donors (Lipinski definition) is 0. The van der Waals surface area contributed by atoms with E-state index in [9.17, 15) is 0 Å². The molecule has 0 spiro atoms. The summed E-state index contributed by atoms with van der Waals surface area (Å²) in [6.07, 6.45) is 4.80. The van der Waals surface area contributed by atoms with Gasteiger partial charge in [-0.3, -0.25) is 0 Å². The summed E-state index contributed by atoms with van der Waals surface area (Å²) in [5.41, 5.74) is 26.7. The van der Waals surface area contributed by atoms with Gasteiger partial charge in [-0.25, -0.2) is 9.97 Å². The third-order valence-electron chi connectivity index (χ3n) is 18.2. The molecule has 0 amide bonds. The van der Waals surface area contributed by atoms with Crippen LogP contribution < -0.4 is 0 Å². The molecular weight excluding hydrogens is 1160 g/mol. The Morgan fingerprint density at radius 1 is 0.284 bits per heavy atom. The Hall–Kier alpha value is -12.1. The van der Waals surface area contributed by atoms with Gasteiger partial charge >= 0.3 is 0 Å². The van der Waals surface area contributed by atoms with Crippen LogP contribution in [0, 0.1) is 0 Å². The molecule has 95 heavy (non-hydrogen) atoms. The zero-order valence-corrected chi connectivity index (χ0v) is 54.2. The van der Waals surface area contributed by atoms with Crippen molar-refractivity contribution in [1.82, 2.24) is 32.8 Å². The van der Waals surface area contributed by atoms with E-state index in [1.165, 1.54) is 117 Å². The first-order valence-corrected chi connectivity index (χ1v) is 32.4. The highest BCUT2D eigenvalue weighted by Crippen LogP contribution is 2.42. The molecule has 5 aromatic heterocycles. The number of aryl methyl sites for hydroxylation is 4. The minimum Gasteiger partial charge on any atom is -0.344 e. The second-order valence-corrected chi connectivity index (χ2v) is 24.0. The van der Waals surface area contributed by atoms with Crippen molar-refractivity contribution in [3.63, 3.8) is 0 Å². The quantitative estimate of drug-likeness (QED) is 0.160. The molecule has 5 heterocycles. The third kappa shape index (κ3) is 12.5. The lowest BCUT2D eigenvalue weighted by atomic mass is 9.97. The fourth-order valence-electron chi connectivity index (χ4n) is 13.4. The summed E-state index contributed by atoms with van der Waals surface area (Å²) in [4.78, 5) is 8.89. The molecule has 0 atom stereocenters. The Balaban J connectivity index is 0.000000105. The van der Waals surface area contributed by atoms with Crippen molar-refractivity contribution in [2.75, 3.05) is 0 Å². The van der Waals surface area contributed by atoms with E-state index in [0.717, 1.165) is 34.7 Å². The van der Waals surface area contributed by atoms with Crippen LogP contribution in [0.3, 0.4) is 0 Å². The van der Waals surface area contributed by atoms with Gasteiger partial charge in [0.05, 0.1) is 16.7 Å². The van der Waals surface area contributed by atoms with Crippen LogP contribution in [-0.2, 0) is 41.7 Å². The number of aromatic nitrogens is 7. The lowest BCUT2D eigenvalue weighted by molar-refractivity contribution is 0.925. The molecule has 0 fully saturated rings. The molecule has 0 saturated carbocycles. The van der Waals surface area contributed by atoms with Crippen LogP contribution in [0.4, 0.5) is 0 Å². The number of imidazole rings is 2. The Bertz CT molecular complexity index is 5370. The molecule has 18 rings (SSSR count). The third-order valence-corrected chi connectivity index (χ3v) is 18.2. The summed E-state index contributed by atoms with van der Waals surface area (Å²) in [5.74, 6) is 2.03. The maximum Gasteiger partial charge on any atom is 0.140 e. The summed E-state index contributed by atoms with van der Waals surface area (Å²) in [6.45, 7) is 0. The molecule has 1 aliphatic carbocycles. The topological polar surface area (TPSA) is 50.4 Å². The van der Waals surface area contributed by atoms with Crippen molar-refractivity contribution in [3.8, 4) is 89.9 Å². The van der Waals surface area contributed by atoms with Gasteiger partial charge in [-0.1, -0.05) is 273 Å². The summed E-state index contributed by atoms with van der Waals surface area (Å²) in [5, 5.41) is 3.95. The van der Waals surface area contributed by atoms with Crippen molar-refractivity contribution in [2.24, 2.45) is 35.2 Å². The van der Waals surface area contributed by atoms with Gasteiger partial charge in [-0.2, -0.15) is 0 Å². The maximum absolute atomic E-state index is 4.65. The second kappa shape index (κ2) is 27.4. The fourth-order valence-corrected chi connectivity index (χ4v) is 13.4. The number of hydrogen-bond acceptors (Lipinski definition) is 2. The lowest BCUT2D eigenvalue weighted by Crippen LogP contribution is -1.94. The van der Waals surface area contributed by atoms with E-state index in [0.29, 0.717) is 0 Å². The van der Waals surface area contributed by atoms with Crippen LogP contribution in [0.1, 0.15) is 11.1 Å². The maximum atomic E-state index is 4.65. The van der Waals surface area contributed by atoms with Crippen molar-refractivity contribution in [1.29, 1.82) is 0 Å². The summed E-state index contributed by atoms with van der Waals surface area (Å²) >= 11 is 0. The number of benzene rings is 12. The first-order chi connectivity index (χ1) is 46.8. The van der Waals surface area contributed by atoms with Gasteiger partial charge in [-0.15, -0.1) is 0 Å². The lowest BCUT2D eigenvalue weighted by Gasteiger charge is -2.08. The minimum absolute atomic E-state index is 1.01. The largest absolute Gasteiger partial charge is 0.344 e. The van der Waals surface area contributed by atoms with Crippen molar-refractivity contribution >= 4 is 43.7 Å². The van der Waals surface area contributed by atoms with Crippen molar-refractivity contribution < 1.29 is 0 Å². The van der Waals surface area contributed by atoms with Crippen LogP contribution >= 0.6 is 0 Å².